The second kappa shape index (κ2) is 7.29. The molecular formula is C7H15ClFN. The number of hydrogen-bond acceptors (Lipinski definition) is 1. The molecule has 0 bridgehead atoms. The number of hydrogen-bond donors (Lipinski definition) is 0. The van der Waals surface area contributed by atoms with E-state index in [1.54, 1.807) is 0 Å². The lowest BCUT2D eigenvalue weighted by Gasteiger charge is -2.12. The average molecular weight is 168 g/mol. The molecule has 0 N–H and O–H groups in total. The van der Waals surface area contributed by atoms with Crippen LogP contribution in [0, 0.1) is 0 Å². The summed E-state index contributed by atoms with van der Waals surface area (Å²) < 4.78 is 11.7. The molecule has 0 saturated carbocycles. The van der Waals surface area contributed by atoms with E-state index in [0.29, 0.717) is 12.4 Å². The lowest BCUT2D eigenvalue weighted by molar-refractivity contribution is 0.291. The smallest absolute Gasteiger partial charge is 0.102 e. The second-order valence-corrected chi connectivity index (χ2v) is 2.77. The molecule has 0 unspecified atom stereocenters. The molecular weight excluding hydrogens is 153 g/mol. The molecule has 1 nitrogen and oxygen atoms in total. The Bertz CT molecular complexity index is 70.6. The number of nitrogens with zero attached hydrogens (tertiary/aromatic N) is 1. The SMILES string of the molecule is CN(CCF)CCCCCl. The van der Waals surface area contributed by atoms with Gasteiger partial charge in [0.1, 0.15) is 6.67 Å². The summed E-state index contributed by atoms with van der Waals surface area (Å²) in [5.41, 5.74) is 0. The van der Waals surface area contributed by atoms with E-state index in [1.165, 1.54) is 0 Å². The molecule has 3 heteroatoms. The topological polar surface area (TPSA) is 3.24 Å². The van der Waals surface area contributed by atoms with Crippen LogP contribution < -0.4 is 0 Å². The second-order valence-electron chi connectivity index (χ2n) is 2.39. The normalized spacial score (nSPS) is 10.8. The molecule has 0 fully saturated rings. The predicted molar refractivity (Wildman–Crippen MR) is 43.4 cm³/mol. The molecule has 62 valence electrons. The Balaban J connectivity index is 2.97. The van der Waals surface area contributed by atoms with Gasteiger partial charge in [-0.1, -0.05) is 0 Å². The van der Waals surface area contributed by atoms with E-state index in [9.17, 15) is 4.39 Å². The average Bonchev–Trinajstić information content (AvgIpc) is 1.89. The highest BCUT2D eigenvalue weighted by atomic mass is 35.5. The standard InChI is InChI=1S/C7H15ClFN/c1-10(7-5-9)6-3-2-4-8/h2-7H2,1H3. The van der Waals surface area contributed by atoms with Gasteiger partial charge >= 0.3 is 0 Å². The van der Waals surface area contributed by atoms with Gasteiger partial charge in [0.25, 0.3) is 0 Å². The highest BCUT2D eigenvalue weighted by Crippen LogP contribution is 1.94. The molecule has 0 amide bonds. The lowest BCUT2D eigenvalue weighted by Crippen LogP contribution is -2.22. The van der Waals surface area contributed by atoms with E-state index in [1.807, 2.05) is 11.9 Å². The van der Waals surface area contributed by atoms with Crippen molar-refractivity contribution >= 4 is 11.6 Å². The summed E-state index contributed by atoms with van der Waals surface area (Å²) in [6, 6.07) is 0. The maximum Gasteiger partial charge on any atom is 0.102 e. The molecule has 10 heavy (non-hydrogen) atoms. The van der Waals surface area contributed by atoms with E-state index >= 15 is 0 Å². The van der Waals surface area contributed by atoms with Crippen molar-refractivity contribution in [1.82, 2.24) is 4.90 Å². The number of halogens is 2. The Morgan fingerprint density at radius 1 is 1.30 bits per heavy atom. The molecule has 0 spiro atoms. The highest BCUT2D eigenvalue weighted by molar-refractivity contribution is 6.17. The van der Waals surface area contributed by atoms with E-state index in [0.717, 1.165) is 19.4 Å². The molecule has 0 atom stereocenters. The lowest BCUT2D eigenvalue weighted by atomic mass is 10.3. The first-order chi connectivity index (χ1) is 4.81. The van der Waals surface area contributed by atoms with Crippen LogP contribution in [0.4, 0.5) is 4.39 Å². The van der Waals surface area contributed by atoms with Gasteiger partial charge in [-0.25, -0.2) is 4.39 Å². The third-order valence-electron chi connectivity index (χ3n) is 1.39. The maximum atomic E-state index is 11.7. The third-order valence-corrected chi connectivity index (χ3v) is 1.66. The minimum atomic E-state index is -0.253. The first-order valence-corrected chi connectivity index (χ1v) is 4.15. The summed E-state index contributed by atoms with van der Waals surface area (Å²) in [7, 11) is 1.92. The monoisotopic (exact) mass is 167 g/mol. The predicted octanol–water partition coefficient (Wildman–Crippen LogP) is 1.91. The molecule has 0 aliphatic heterocycles. The summed E-state index contributed by atoms with van der Waals surface area (Å²) in [5.74, 6) is 0.712. The molecule has 0 heterocycles. The molecule has 0 rings (SSSR count). The van der Waals surface area contributed by atoms with Crippen molar-refractivity contribution in [1.29, 1.82) is 0 Å². The van der Waals surface area contributed by atoms with Crippen molar-refractivity contribution in [2.45, 2.75) is 12.8 Å². The zero-order chi connectivity index (χ0) is 7.82. The third kappa shape index (κ3) is 6.30. The van der Waals surface area contributed by atoms with Gasteiger partial charge in [0, 0.05) is 12.4 Å². The van der Waals surface area contributed by atoms with Gasteiger partial charge < -0.3 is 4.90 Å². The summed E-state index contributed by atoms with van der Waals surface area (Å²) in [5, 5.41) is 0. The van der Waals surface area contributed by atoms with Crippen LogP contribution in [0.1, 0.15) is 12.8 Å². The number of unbranched alkanes of at least 4 members (excludes halogenated alkanes) is 1. The van der Waals surface area contributed by atoms with Crippen molar-refractivity contribution in [2.75, 3.05) is 32.7 Å². The Kier molecular flexibility index (Phi) is 7.42. The zero-order valence-electron chi connectivity index (χ0n) is 6.45. The van der Waals surface area contributed by atoms with Crippen LogP contribution in [0.15, 0.2) is 0 Å². The fourth-order valence-electron chi connectivity index (χ4n) is 0.732. The van der Waals surface area contributed by atoms with E-state index in [2.05, 4.69) is 0 Å². The van der Waals surface area contributed by atoms with Gasteiger partial charge in [-0.2, -0.15) is 0 Å². The minimum absolute atomic E-state index is 0.253. The number of alkyl halides is 2. The molecule has 0 aromatic heterocycles. The number of rotatable bonds is 6. The van der Waals surface area contributed by atoms with Crippen molar-refractivity contribution in [3.8, 4) is 0 Å². The molecule has 0 aromatic carbocycles. The minimum Gasteiger partial charge on any atom is -0.304 e. The van der Waals surface area contributed by atoms with Crippen LogP contribution >= 0.6 is 11.6 Å². The summed E-state index contributed by atoms with van der Waals surface area (Å²) in [6.45, 7) is 1.25. The first kappa shape index (κ1) is 10.2. The van der Waals surface area contributed by atoms with E-state index in [4.69, 9.17) is 11.6 Å². The van der Waals surface area contributed by atoms with Gasteiger partial charge in [-0.05, 0) is 26.4 Å². The molecule has 0 aliphatic rings. The van der Waals surface area contributed by atoms with Crippen LogP contribution in [0.2, 0.25) is 0 Å². The quantitative estimate of drug-likeness (QED) is 0.432. The fourth-order valence-corrected chi connectivity index (χ4v) is 0.921. The maximum absolute atomic E-state index is 11.7. The van der Waals surface area contributed by atoms with Crippen LogP contribution in [-0.4, -0.2) is 37.6 Å². The van der Waals surface area contributed by atoms with Gasteiger partial charge in [-0.3, -0.25) is 0 Å². The van der Waals surface area contributed by atoms with E-state index in [-0.39, 0.29) is 6.67 Å². The van der Waals surface area contributed by atoms with Gasteiger partial charge in [-0.15, -0.1) is 11.6 Å². The van der Waals surface area contributed by atoms with Crippen molar-refractivity contribution in [3.05, 3.63) is 0 Å². The molecule has 0 aromatic rings. The zero-order valence-corrected chi connectivity index (χ0v) is 7.20. The van der Waals surface area contributed by atoms with Gasteiger partial charge in [0.15, 0.2) is 0 Å². The van der Waals surface area contributed by atoms with Crippen LogP contribution in [0.25, 0.3) is 0 Å². The molecule has 0 aliphatic carbocycles. The van der Waals surface area contributed by atoms with Crippen molar-refractivity contribution in [3.63, 3.8) is 0 Å². The van der Waals surface area contributed by atoms with Crippen LogP contribution in [0.5, 0.6) is 0 Å². The Labute approximate surface area is 67.2 Å². The fraction of sp³-hybridized carbons (Fsp3) is 1.00. The summed E-state index contributed by atoms with van der Waals surface area (Å²) in [4.78, 5) is 1.98. The van der Waals surface area contributed by atoms with Gasteiger partial charge in [0.2, 0.25) is 0 Å². The first-order valence-electron chi connectivity index (χ1n) is 3.61. The highest BCUT2D eigenvalue weighted by Gasteiger charge is 1.95. The summed E-state index contributed by atoms with van der Waals surface area (Å²) >= 11 is 5.47. The molecule has 0 saturated heterocycles. The Hall–Kier alpha value is 0.180. The van der Waals surface area contributed by atoms with Gasteiger partial charge in [0.05, 0.1) is 0 Å². The van der Waals surface area contributed by atoms with Crippen molar-refractivity contribution < 1.29 is 4.39 Å². The van der Waals surface area contributed by atoms with E-state index < -0.39 is 0 Å². The van der Waals surface area contributed by atoms with Crippen LogP contribution in [-0.2, 0) is 0 Å². The summed E-state index contributed by atoms with van der Waals surface area (Å²) in [6.07, 6.45) is 2.10. The van der Waals surface area contributed by atoms with Crippen molar-refractivity contribution in [2.24, 2.45) is 0 Å². The Morgan fingerprint density at radius 2 is 2.00 bits per heavy atom. The molecule has 0 radical (unpaired) electrons. The van der Waals surface area contributed by atoms with Crippen LogP contribution in [0.3, 0.4) is 0 Å². The Morgan fingerprint density at radius 3 is 2.50 bits per heavy atom. The largest absolute Gasteiger partial charge is 0.304 e.